The van der Waals surface area contributed by atoms with E-state index in [9.17, 15) is 18.0 Å². The number of alkyl halides is 3. The summed E-state index contributed by atoms with van der Waals surface area (Å²) in [4.78, 5) is 24.0. The normalized spacial score (nSPS) is 16.2. The molecule has 7 nitrogen and oxygen atoms in total. The molecule has 0 radical (unpaired) electrons. The van der Waals surface area contributed by atoms with Crippen molar-refractivity contribution in [3.8, 4) is 5.69 Å². The lowest BCUT2D eigenvalue weighted by molar-refractivity contribution is -0.137. The van der Waals surface area contributed by atoms with Crippen molar-refractivity contribution < 1.29 is 13.2 Å². The van der Waals surface area contributed by atoms with Gasteiger partial charge in [-0.05, 0) is 61.7 Å². The first kappa shape index (κ1) is 21.9. The molecule has 0 fully saturated rings. The zero-order valence-electron chi connectivity index (χ0n) is 18.3. The molecular weight excluding hydrogens is 445 g/mol. The molecule has 34 heavy (non-hydrogen) atoms. The Morgan fingerprint density at radius 3 is 2.59 bits per heavy atom. The van der Waals surface area contributed by atoms with E-state index in [-0.39, 0.29) is 11.5 Å². The summed E-state index contributed by atoms with van der Waals surface area (Å²) in [5.74, 6) is 1.08. The number of hydrogen-bond acceptors (Lipinski definition) is 4. The van der Waals surface area contributed by atoms with E-state index in [0.29, 0.717) is 23.8 Å². The fourth-order valence-corrected chi connectivity index (χ4v) is 4.16. The summed E-state index contributed by atoms with van der Waals surface area (Å²) in [5.41, 5.74) is 1.74. The van der Waals surface area contributed by atoms with Crippen LogP contribution in [0.15, 0.2) is 53.7 Å². The van der Waals surface area contributed by atoms with E-state index in [1.54, 1.807) is 46.1 Å². The first-order valence-electron chi connectivity index (χ1n) is 10.8. The number of halogens is 3. The van der Waals surface area contributed by atoms with E-state index in [0.717, 1.165) is 42.1 Å². The number of imidazole rings is 1. The van der Waals surface area contributed by atoms with E-state index in [4.69, 9.17) is 0 Å². The molecule has 4 heterocycles. The maximum Gasteiger partial charge on any atom is 0.416 e. The number of hydrogen-bond donors (Lipinski definition) is 1. The highest BCUT2D eigenvalue weighted by atomic mass is 19.4. The van der Waals surface area contributed by atoms with Crippen molar-refractivity contribution in [2.75, 3.05) is 0 Å². The molecule has 1 N–H and O–H groups in total. The van der Waals surface area contributed by atoms with E-state index in [1.165, 1.54) is 12.1 Å². The molecule has 1 unspecified atom stereocenters. The van der Waals surface area contributed by atoms with Gasteiger partial charge < -0.3 is 9.55 Å². The van der Waals surface area contributed by atoms with Crippen LogP contribution in [-0.4, -0.2) is 29.3 Å². The molecule has 0 spiro atoms. The Morgan fingerprint density at radius 2 is 1.91 bits per heavy atom. The van der Waals surface area contributed by atoms with Crippen molar-refractivity contribution in [3.63, 3.8) is 0 Å². The number of nitrogens with zero attached hydrogens (tertiary/aromatic N) is 5. The van der Waals surface area contributed by atoms with Crippen LogP contribution in [0.1, 0.15) is 52.9 Å². The van der Waals surface area contributed by atoms with Crippen molar-refractivity contribution in [2.24, 2.45) is 0 Å². The summed E-state index contributed by atoms with van der Waals surface area (Å²) < 4.78 is 42.2. The Hall–Kier alpha value is -3.95. The molecule has 0 aliphatic carbocycles. The molecule has 5 rings (SSSR count). The molecule has 3 aromatic heterocycles. The topological polar surface area (TPSA) is 81.4 Å². The van der Waals surface area contributed by atoms with E-state index >= 15 is 0 Å². The van der Waals surface area contributed by atoms with E-state index in [1.807, 2.05) is 6.92 Å². The predicted molar refractivity (Wildman–Crippen MR) is 120 cm³/mol. The van der Waals surface area contributed by atoms with Crippen LogP contribution >= 0.6 is 0 Å². The summed E-state index contributed by atoms with van der Waals surface area (Å²) in [6, 6.07) is 8.74. The van der Waals surface area contributed by atoms with Gasteiger partial charge in [0.05, 0.1) is 17.6 Å². The van der Waals surface area contributed by atoms with Crippen LogP contribution in [0.25, 0.3) is 17.8 Å². The van der Waals surface area contributed by atoms with Gasteiger partial charge in [0, 0.05) is 24.4 Å². The minimum Gasteiger partial charge on any atom is -0.321 e. The van der Waals surface area contributed by atoms with Gasteiger partial charge in [-0.2, -0.15) is 18.3 Å². The molecule has 0 bridgehead atoms. The highest BCUT2D eigenvalue weighted by Gasteiger charge is 2.31. The van der Waals surface area contributed by atoms with Crippen molar-refractivity contribution >= 4 is 12.2 Å². The highest BCUT2D eigenvalue weighted by Crippen LogP contribution is 2.35. The summed E-state index contributed by atoms with van der Waals surface area (Å²) in [6.45, 7) is 2.55. The van der Waals surface area contributed by atoms with Crippen molar-refractivity contribution in [1.82, 2.24) is 29.3 Å². The van der Waals surface area contributed by atoms with Gasteiger partial charge in [-0.15, -0.1) is 0 Å². The van der Waals surface area contributed by atoms with Gasteiger partial charge in [-0.25, -0.2) is 14.6 Å². The molecule has 1 atom stereocenters. The lowest BCUT2D eigenvalue weighted by atomic mass is 9.90. The Labute approximate surface area is 192 Å². The molecule has 174 valence electrons. The van der Waals surface area contributed by atoms with E-state index < -0.39 is 11.7 Å². The Kier molecular flexibility index (Phi) is 5.43. The van der Waals surface area contributed by atoms with Crippen LogP contribution in [0.3, 0.4) is 0 Å². The highest BCUT2D eigenvalue weighted by molar-refractivity contribution is 5.64. The number of H-pyrrole nitrogens is 1. The summed E-state index contributed by atoms with van der Waals surface area (Å²) in [6.07, 6.45) is 4.07. The molecule has 1 aliphatic heterocycles. The lowest BCUT2D eigenvalue weighted by Gasteiger charge is -2.22. The molecule has 1 aromatic carbocycles. The van der Waals surface area contributed by atoms with Gasteiger partial charge in [0.25, 0.3) is 5.56 Å². The van der Waals surface area contributed by atoms with E-state index in [2.05, 4.69) is 20.1 Å². The minimum atomic E-state index is -4.36. The van der Waals surface area contributed by atoms with Crippen LogP contribution in [0.4, 0.5) is 13.2 Å². The minimum absolute atomic E-state index is 0.122. The van der Waals surface area contributed by atoms with Crippen LogP contribution in [-0.2, 0) is 12.7 Å². The van der Waals surface area contributed by atoms with Gasteiger partial charge in [0.1, 0.15) is 11.5 Å². The fourth-order valence-electron chi connectivity index (χ4n) is 4.16. The third-order valence-electron chi connectivity index (χ3n) is 5.84. The van der Waals surface area contributed by atoms with Gasteiger partial charge in [-0.3, -0.25) is 4.79 Å². The number of nitrogens with one attached hydrogen (secondary N) is 1. The average Bonchev–Trinajstić information content (AvgIpc) is 3.43. The average molecular weight is 466 g/mol. The summed E-state index contributed by atoms with van der Waals surface area (Å²) in [5, 5.41) is 4.52. The number of pyridine rings is 1. The number of fused-ring (bicyclic) bond motifs is 1. The second kappa shape index (κ2) is 8.44. The first-order chi connectivity index (χ1) is 16.3. The smallest absolute Gasteiger partial charge is 0.321 e. The third kappa shape index (κ3) is 4.30. The molecule has 0 saturated carbocycles. The molecule has 0 amide bonds. The van der Waals surface area contributed by atoms with Gasteiger partial charge in [-0.1, -0.05) is 12.1 Å². The van der Waals surface area contributed by atoms with Crippen LogP contribution in [0, 0.1) is 6.92 Å². The quantitative estimate of drug-likeness (QED) is 0.478. The van der Waals surface area contributed by atoms with Gasteiger partial charge >= 0.3 is 6.18 Å². The molecule has 4 aromatic rings. The monoisotopic (exact) mass is 466 g/mol. The van der Waals surface area contributed by atoms with Crippen LogP contribution in [0.2, 0.25) is 0 Å². The Balaban J connectivity index is 1.37. The van der Waals surface area contributed by atoms with Crippen LogP contribution in [0.5, 0.6) is 0 Å². The Bertz CT molecular complexity index is 1410. The third-order valence-corrected chi connectivity index (χ3v) is 5.84. The van der Waals surface area contributed by atoms with Crippen molar-refractivity contribution in [1.29, 1.82) is 0 Å². The van der Waals surface area contributed by atoms with Crippen molar-refractivity contribution in [3.05, 3.63) is 93.4 Å². The van der Waals surface area contributed by atoms with Gasteiger partial charge in [0.2, 0.25) is 0 Å². The standard InChI is InChI=1S/C24H21F3N6O/c1-15-13-32(14-28-15)20-10-8-18(29-23(20)34)9-11-21-30-22-19(3-2-12-33(22)31-21)16-4-6-17(7-5-16)24(25,26)27/h4-11,13-14,19H,2-3,12H2,1H3,(H,29,34). The van der Waals surface area contributed by atoms with Crippen LogP contribution < -0.4 is 5.56 Å². The number of aromatic amines is 1. The first-order valence-corrected chi connectivity index (χ1v) is 10.8. The second-order valence-corrected chi connectivity index (χ2v) is 8.25. The second-order valence-electron chi connectivity index (χ2n) is 8.25. The maximum atomic E-state index is 12.9. The largest absolute Gasteiger partial charge is 0.416 e. The molecule has 0 saturated heterocycles. The SMILES string of the molecule is Cc1cn(-c2ccc(C=Cc3nc4n(n3)CCCC4c3ccc(C(F)(F)F)cc3)[nH]c2=O)cn1. The number of aryl methyl sites for hydroxylation is 2. The molecule has 10 heteroatoms. The maximum absolute atomic E-state index is 12.9. The number of benzene rings is 1. The molecular formula is C24H21F3N6O. The lowest BCUT2D eigenvalue weighted by Crippen LogP contribution is -2.18. The van der Waals surface area contributed by atoms with Gasteiger partial charge in [0.15, 0.2) is 5.82 Å². The summed E-state index contributed by atoms with van der Waals surface area (Å²) in [7, 11) is 0. The predicted octanol–water partition coefficient (Wildman–Crippen LogP) is 4.58. The Morgan fingerprint density at radius 1 is 1.12 bits per heavy atom. The molecule has 1 aliphatic rings. The zero-order valence-corrected chi connectivity index (χ0v) is 18.3. The van der Waals surface area contributed by atoms with Crippen molar-refractivity contribution in [2.45, 2.75) is 38.4 Å². The number of rotatable bonds is 4. The summed E-state index contributed by atoms with van der Waals surface area (Å²) >= 11 is 0. The fraction of sp³-hybridized carbons (Fsp3) is 0.250. The number of aromatic nitrogens is 6. The zero-order chi connectivity index (χ0) is 23.9.